The van der Waals surface area contributed by atoms with E-state index in [1.165, 1.54) is 0 Å². The Bertz CT molecular complexity index is 272. The standard InChI is InChI=1S/C9H23N3O3S/c1-9(2,3)12-16(13,14)11-6-4-7-15-8-5-10/h11-12H,4-8,10H2,1-3H3. The van der Waals surface area contributed by atoms with E-state index in [4.69, 9.17) is 10.5 Å². The molecule has 98 valence electrons. The molecule has 6 nitrogen and oxygen atoms in total. The molecule has 7 heteroatoms. The maximum absolute atomic E-state index is 11.5. The number of hydrogen-bond acceptors (Lipinski definition) is 4. The maximum Gasteiger partial charge on any atom is 0.277 e. The molecule has 0 atom stereocenters. The highest BCUT2D eigenvalue weighted by Gasteiger charge is 2.18. The SMILES string of the molecule is CC(C)(C)NS(=O)(=O)NCCCOCCN. The maximum atomic E-state index is 11.5. The van der Waals surface area contributed by atoms with Gasteiger partial charge in [0.1, 0.15) is 0 Å². The average Bonchev–Trinajstić information content (AvgIpc) is 2.06. The lowest BCUT2D eigenvalue weighted by atomic mass is 10.1. The molecule has 4 N–H and O–H groups in total. The Kier molecular flexibility index (Phi) is 7.09. The van der Waals surface area contributed by atoms with Crippen molar-refractivity contribution in [2.45, 2.75) is 32.7 Å². The third-order valence-electron chi connectivity index (χ3n) is 1.46. The second-order valence-corrected chi connectivity index (χ2v) is 6.00. The normalized spacial score (nSPS) is 13.0. The second-order valence-electron chi connectivity index (χ2n) is 4.50. The van der Waals surface area contributed by atoms with Crippen molar-refractivity contribution >= 4 is 10.2 Å². The van der Waals surface area contributed by atoms with Crippen LogP contribution in [-0.4, -0.2) is 40.3 Å². The number of ether oxygens (including phenoxy) is 1. The predicted molar refractivity (Wildman–Crippen MR) is 64.3 cm³/mol. The zero-order chi connectivity index (χ0) is 12.7. The molecule has 0 unspecified atom stereocenters. The zero-order valence-electron chi connectivity index (χ0n) is 10.2. The molecule has 0 saturated heterocycles. The Labute approximate surface area is 98.1 Å². The first-order valence-corrected chi connectivity index (χ1v) is 6.81. The summed E-state index contributed by atoms with van der Waals surface area (Å²) in [5, 5.41) is 0. The number of rotatable bonds is 8. The van der Waals surface area contributed by atoms with Gasteiger partial charge in [0.25, 0.3) is 10.2 Å². The fourth-order valence-corrected chi connectivity index (χ4v) is 2.30. The molecule has 0 rings (SSSR count). The van der Waals surface area contributed by atoms with Crippen LogP contribution in [0, 0.1) is 0 Å². The fraction of sp³-hybridized carbons (Fsp3) is 1.00. The molecule has 0 aromatic rings. The quantitative estimate of drug-likeness (QED) is 0.512. The molecule has 0 aromatic heterocycles. The summed E-state index contributed by atoms with van der Waals surface area (Å²) in [5.41, 5.74) is 4.77. The molecule has 0 heterocycles. The fourth-order valence-electron chi connectivity index (χ4n) is 1.01. The Morgan fingerprint density at radius 1 is 1.25 bits per heavy atom. The summed E-state index contributed by atoms with van der Waals surface area (Å²) in [6.07, 6.45) is 0.630. The van der Waals surface area contributed by atoms with E-state index >= 15 is 0 Å². The monoisotopic (exact) mass is 253 g/mol. The molecule has 0 amide bonds. The predicted octanol–water partition coefficient (Wildman–Crippen LogP) is -0.426. The van der Waals surface area contributed by atoms with Crippen LogP contribution in [0.1, 0.15) is 27.2 Å². The van der Waals surface area contributed by atoms with Gasteiger partial charge in [0, 0.05) is 25.2 Å². The Morgan fingerprint density at radius 2 is 1.88 bits per heavy atom. The summed E-state index contributed by atoms with van der Waals surface area (Å²) in [6.45, 7) is 7.22. The van der Waals surface area contributed by atoms with Gasteiger partial charge in [0.15, 0.2) is 0 Å². The van der Waals surface area contributed by atoms with Gasteiger partial charge in [-0.25, -0.2) is 4.72 Å². The van der Waals surface area contributed by atoms with E-state index in [9.17, 15) is 8.42 Å². The lowest BCUT2D eigenvalue weighted by Gasteiger charge is -2.20. The molecule has 0 saturated carbocycles. The van der Waals surface area contributed by atoms with Crippen molar-refractivity contribution in [2.75, 3.05) is 26.3 Å². The number of nitrogens with two attached hydrogens (primary N) is 1. The van der Waals surface area contributed by atoms with Crippen LogP contribution in [0.5, 0.6) is 0 Å². The summed E-state index contributed by atoms with van der Waals surface area (Å²) in [7, 11) is -3.41. The van der Waals surface area contributed by atoms with Gasteiger partial charge in [-0.3, -0.25) is 0 Å². The van der Waals surface area contributed by atoms with E-state index in [1.807, 2.05) is 0 Å². The summed E-state index contributed by atoms with van der Waals surface area (Å²) < 4.78 is 33.0. The van der Waals surface area contributed by atoms with E-state index in [0.717, 1.165) is 0 Å². The third kappa shape index (κ3) is 10.3. The summed E-state index contributed by atoms with van der Waals surface area (Å²) in [4.78, 5) is 0. The second kappa shape index (κ2) is 7.18. The van der Waals surface area contributed by atoms with Gasteiger partial charge in [-0.1, -0.05) is 0 Å². The van der Waals surface area contributed by atoms with E-state index in [-0.39, 0.29) is 0 Å². The molecule has 0 aliphatic carbocycles. The molecule has 0 aromatic carbocycles. The number of hydrogen-bond donors (Lipinski definition) is 3. The first kappa shape index (κ1) is 15.8. The molecule has 16 heavy (non-hydrogen) atoms. The van der Waals surface area contributed by atoms with Crippen LogP contribution in [0.2, 0.25) is 0 Å². The van der Waals surface area contributed by atoms with E-state index < -0.39 is 15.7 Å². The van der Waals surface area contributed by atoms with Crippen molar-refractivity contribution < 1.29 is 13.2 Å². The summed E-state index contributed by atoms with van der Waals surface area (Å²) in [6, 6.07) is 0. The van der Waals surface area contributed by atoms with Crippen LogP contribution >= 0.6 is 0 Å². The van der Waals surface area contributed by atoms with E-state index in [2.05, 4.69) is 9.44 Å². The zero-order valence-corrected chi connectivity index (χ0v) is 11.1. The highest BCUT2D eigenvalue weighted by atomic mass is 32.2. The van der Waals surface area contributed by atoms with Gasteiger partial charge in [0.2, 0.25) is 0 Å². The van der Waals surface area contributed by atoms with Crippen LogP contribution in [-0.2, 0) is 14.9 Å². The van der Waals surface area contributed by atoms with Crippen molar-refractivity contribution in [2.24, 2.45) is 5.73 Å². The summed E-state index contributed by atoms with van der Waals surface area (Å²) >= 11 is 0. The van der Waals surface area contributed by atoms with E-state index in [0.29, 0.717) is 32.7 Å². The highest BCUT2D eigenvalue weighted by Crippen LogP contribution is 2.00. The van der Waals surface area contributed by atoms with Gasteiger partial charge < -0.3 is 10.5 Å². The largest absolute Gasteiger partial charge is 0.380 e. The number of nitrogens with one attached hydrogen (secondary N) is 2. The smallest absolute Gasteiger partial charge is 0.277 e. The molecule has 0 radical (unpaired) electrons. The highest BCUT2D eigenvalue weighted by molar-refractivity contribution is 7.87. The van der Waals surface area contributed by atoms with Crippen molar-refractivity contribution in [3.05, 3.63) is 0 Å². The van der Waals surface area contributed by atoms with Crippen molar-refractivity contribution in [3.8, 4) is 0 Å². The van der Waals surface area contributed by atoms with Crippen molar-refractivity contribution in [1.29, 1.82) is 0 Å². The van der Waals surface area contributed by atoms with Crippen molar-refractivity contribution in [3.63, 3.8) is 0 Å². The molecule has 0 bridgehead atoms. The minimum Gasteiger partial charge on any atom is -0.380 e. The van der Waals surface area contributed by atoms with Crippen LogP contribution in [0.25, 0.3) is 0 Å². The van der Waals surface area contributed by atoms with Crippen LogP contribution < -0.4 is 15.2 Å². The van der Waals surface area contributed by atoms with Crippen LogP contribution in [0.4, 0.5) is 0 Å². The Morgan fingerprint density at radius 3 is 2.38 bits per heavy atom. The first-order valence-electron chi connectivity index (χ1n) is 5.33. The minimum atomic E-state index is -3.41. The molecule has 0 fully saturated rings. The lowest BCUT2D eigenvalue weighted by Crippen LogP contribution is -2.47. The average molecular weight is 253 g/mol. The van der Waals surface area contributed by atoms with E-state index in [1.54, 1.807) is 20.8 Å². The Balaban J connectivity index is 3.68. The van der Waals surface area contributed by atoms with Gasteiger partial charge in [-0.15, -0.1) is 0 Å². The topological polar surface area (TPSA) is 93.5 Å². The van der Waals surface area contributed by atoms with Crippen molar-refractivity contribution in [1.82, 2.24) is 9.44 Å². The Hall–Kier alpha value is -0.210. The van der Waals surface area contributed by atoms with Crippen LogP contribution in [0.15, 0.2) is 0 Å². The lowest BCUT2D eigenvalue weighted by molar-refractivity contribution is 0.140. The first-order chi connectivity index (χ1) is 7.27. The molecule has 0 aliphatic heterocycles. The molecular weight excluding hydrogens is 230 g/mol. The molecule has 0 aliphatic rings. The summed E-state index contributed by atoms with van der Waals surface area (Å²) in [5.74, 6) is 0. The minimum absolute atomic E-state index is 0.357. The van der Waals surface area contributed by atoms with Crippen LogP contribution in [0.3, 0.4) is 0 Å². The van der Waals surface area contributed by atoms with Gasteiger partial charge >= 0.3 is 0 Å². The van der Waals surface area contributed by atoms with Gasteiger partial charge in [-0.2, -0.15) is 13.1 Å². The molecule has 0 spiro atoms. The van der Waals surface area contributed by atoms with Gasteiger partial charge in [0.05, 0.1) is 6.61 Å². The van der Waals surface area contributed by atoms with Gasteiger partial charge in [-0.05, 0) is 27.2 Å². The third-order valence-corrected chi connectivity index (χ3v) is 2.93. The molecular formula is C9H23N3O3S.